The number of nitrogens with one attached hydrogen (secondary N) is 1. The van der Waals surface area contributed by atoms with Gasteiger partial charge in [0.25, 0.3) is 0 Å². The van der Waals surface area contributed by atoms with E-state index in [2.05, 4.69) is 9.57 Å². The Morgan fingerprint density at radius 3 is 2.55 bits per heavy atom. The highest BCUT2D eigenvalue weighted by atomic mass is 32.2. The van der Waals surface area contributed by atoms with Crippen LogP contribution in [0.1, 0.15) is 6.92 Å². The summed E-state index contributed by atoms with van der Waals surface area (Å²) in [5.41, 5.74) is 0. The first-order chi connectivity index (χ1) is 5.12. The van der Waals surface area contributed by atoms with Crippen LogP contribution < -0.4 is 4.89 Å². The van der Waals surface area contributed by atoms with Gasteiger partial charge in [-0.25, -0.2) is 8.42 Å². The van der Waals surface area contributed by atoms with Crippen LogP contribution in [-0.4, -0.2) is 34.5 Å². The lowest BCUT2D eigenvalue weighted by Gasteiger charge is -2.03. The van der Waals surface area contributed by atoms with Gasteiger partial charge >= 0.3 is 0 Å². The molecule has 1 N–H and O–H groups in total. The topological polar surface area (TPSA) is 64.6 Å². The molecule has 0 aliphatic rings. The molecular weight excluding hydrogens is 170 g/mol. The predicted octanol–water partition coefficient (Wildman–Crippen LogP) is -0.496. The Labute approximate surface area is 66.7 Å². The number of hydrogen-bond donors (Lipinski definition) is 1. The van der Waals surface area contributed by atoms with E-state index in [-0.39, 0.29) is 12.4 Å². The molecule has 0 aliphatic carbocycles. The molecule has 11 heavy (non-hydrogen) atoms. The summed E-state index contributed by atoms with van der Waals surface area (Å²) >= 11 is 0. The molecule has 0 saturated heterocycles. The predicted molar refractivity (Wildman–Crippen MR) is 40.4 cm³/mol. The molecule has 0 aromatic heterocycles. The van der Waals surface area contributed by atoms with Gasteiger partial charge in [-0.05, 0) is 6.92 Å². The van der Waals surface area contributed by atoms with Gasteiger partial charge in [0.2, 0.25) is 10.0 Å². The van der Waals surface area contributed by atoms with Crippen LogP contribution in [-0.2, 0) is 19.6 Å². The van der Waals surface area contributed by atoms with Crippen molar-refractivity contribution >= 4 is 10.0 Å². The molecule has 0 rings (SSSR count). The third-order valence-electron chi connectivity index (χ3n) is 0.886. The van der Waals surface area contributed by atoms with Gasteiger partial charge in [0.15, 0.2) is 0 Å². The maximum Gasteiger partial charge on any atom is 0.235 e. The first-order valence-corrected chi connectivity index (χ1v) is 4.88. The van der Waals surface area contributed by atoms with Crippen LogP contribution in [0.3, 0.4) is 0 Å². The highest BCUT2D eigenvalue weighted by molar-refractivity contribution is 7.89. The summed E-state index contributed by atoms with van der Waals surface area (Å²) in [6.07, 6.45) is 0. The van der Waals surface area contributed by atoms with Crippen molar-refractivity contribution in [2.45, 2.75) is 6.92 Å². The average molecular weight is 183 g/mol. The molecular formula is C5H13NO4S. The summed E-state index contributed by atoms with van der Waals surface area (Å²) in [4.78, 5) is 6.44. The molecule has 0 aromatic rings. The van der Waals surface area contributed by atoms with Gasteiger partial charge in [-0.1, -0.05) is 4.89 Å². The zero-order valence-electron chi connectivity index (χ0n) is 6.66. The molecule has 6 heteroatoms. The fourth-order valence-electron chi connectivity index (χ4n) is 0.383. The average Bonchev–Trinajstić information content (AvgIpc) is 1.97. The minimum atomic E-state index is -3.30. The minimum Gasteiger partial charge on any atom is -0.384 e. The third-order valence-corrected chi connectivity index (χ3v) is 1.96. The van der Waals surface area contributed by atoms with E-state index < -0.39 is 10.0 Å². The lowest BCUT2D eigenvalue weighted by atomic mass is 10.9. The zero-order valence-corrected chi connectivity index (χ0v) is 7.48. The summed E-state index contributed by atoms with van der Waals surface area (Å²) in [6, 6.07) is 0. The van der Waals surface area contributed by atoms with E-state index in [1.54, 1.807) is 6.92 Å². The van der Waals surface area contributed by atoms with Crippen molar-refractivity contribution in [3.05, 3.63) is 0 Å². The van der Waals surface area contributed by atoms with Crippen LogP contribution in [0, 0.1) is 0 Å². The Balaban J connectivity index is 3.63. The standard InChI is InChI=1S/C5H13NO4S/c1-3-10-6-11(7,8)5-4-9-2/h6H,3-5H2,1-2H3. The van der Waals surface area contributed by atoms with E-state index in [1.807, 2.05) is 4.89 Å². The van der Waals surface area contributed by atoms with Crippen LogP contribution in [0.25, 0.3) is 0 Å². The van der Waals surface area contributed by atoms with E-state index in [4.69, 9.17) is 0 Å². The van der Waals surface area contributed by atoms with Crippen molar-refractivity contribution < 1.29 is 18.0 Å². The SMILES string of the molecule is CCONS(=O)(=O)CCOC. The van der Waals surface area contributed by atoms with E-state index >= 15 is 0 Å². The normalized spacial score (nSPS) is 11.8. The molecule has 0 saturated carbocycles. The van der Waals surface area contributed by atoms with Crippen molar-refractivity contribution in [2.75, 3.05) is 26.1 Å². The summed E-state index contributed by atoms with van der Waals surface area (Å²) in [7, 11) is -1.86. The van der Waals surface area contributed by atoms with E-state index in [0.717, 1.165) is 0 Å². The number of sulfonamides is 1. The Morgan fingerprint density at radius 2 is 2.09 bits per heavy atom. The second-order valence-corrected chi connectivity index (χ2v) is 3.63. The number of rotatable bonds is 6. The van der Waals surface area contributed by atoms with Gasteiger partial charge in [-0.3, -0.25) is 4.84 Å². The summed E-state index contributed by atoms with van der Waals surface area (Å²) in [5.74, 6) is -0.0799. The van der Waals surface area contributed by atoms with Gasteiger partial charge in [0, 0.05) is 7.11 Å². The first kappa shape index (κ1) is 10.8. The Bertz CT molecular complexity index is 163. The van der Waals surface area contributed by atoms with Gasteiger partial charge in [-0.2, -0.15) is 0 Å². The largest absolute Gasteiger partial charge is 0.384 e. The Morgan fingerprint density at radius 1 is 1.45 bits per heavy atom. The van der Waals surface area contributed by atoms with Crippen LogP contribution >= 0.6 is 0 Å². The molecule has 0 heterocycles. The van der Waals surface area contributed by atoms with Crippen molar-refractivity contribution in [3.63, 3.8) is 0 Å². The van der Waals surface area contributed by atoms with Crippen molar-refractivity contribution in [2.24, 2.45) is 0 Å². The second kappa shape index (κ2) is 5.48. The molecule has 0 atom stereocenters. The Hall–Kier alpha value is -0.170. The van der Waals surface area contributed by atoms with Gasteiger partial charge in [-0.15, -0.1) is 0 Å². The highest BCUT2D eigenvalue weighted by Crippen LogP contribution is 1.84. The number of methoxy groups -OCH3 is 1. The maximum atomic E-state index is 10.8. The van der Waals surface area contributed by atoms with Crippen LogP contribution in [0.5, 0.6) is 0 Å². The van der Waals surface area contributed by atoms with Gasteiger partial charge in [0.1, 0.15) is 0 Å². The zero-order chi connectivity index (χ0) is 8.74. The molecule has 0 aromatic carbocycles. The van der Waals surface area contributed by atoms with Crippen molar-refractivity contribution in [3.8, 4) is 0 Å². The van der Waals surface area contributed by atoms with Gasteiger partial charge < -0.3 is 4.74 Å². The monoisotopic (exact) mass is 183 g/mol. The molecule has 0 spiro atoms. The number of ether oxygens (including phenoxy) is 1. The molecule has 0 radical (unpaired) electrons. The Kier molecular flexibility index (Phi) is 5.39. The smallest absolute Gasteiger partial charge is 0.235 e. The lowest BCUT2D eigenvalue weighted by Crippen LogP contribution is -2.28. The van der Waals surface area contributed by atoms with Crippen molar-refractivity contribution in [1.82, 2.24) is 4.89 Å². The molecule has 5 nitrogen and oxygen atoms in total. The quantitative estimate of drug-likeness (QED) is 0.564. The van der Waals surface area contributed by atoms with Crippen LogP contribution in [0.4, 0.5) is 0 Å². The van der Waals surface area contributed by atoms with E-state index in [1.165, 1.54) is 7.11 Å². The fraction of sp³-hybridized carbons (Fsp3) is 1.00. The van der Waals surface area contributed by atoms with E-state index in [9.17, 15) is 8.42 Å². The minimum absolute atomic E-state index is 0.0799. The second-order valence-electron chi connectivity index (χ2n) is 1.83. The lowest BCUT2D eigenvalue weighted by molar-refractivity contribution is 0.104. The maximum absolute atomic E-state index is 10.8. The first-order valence-electron chi connectivity index (χ1n) is 3.22. The van der Waals surface area contributed by atoms with Gasteiger partial charge in [0.05, 0.1) is 19.0 Å². The summed E-state index contributed by atoms with van der Waals surface area (Å²) < 4.78 is 26.2. The van der Waals surface area contributed by atoms with Crippen molar-refractivity contribution in [1.29, 1.82) is 0 Å². The summed E-state index contributed by atoms with van der Waals surface area (Å²) in [6.45, 7) is 2.17. The molecule has 0 amide bonds. The summed E-state index contributed by atoms with van der Waals surface area (Å²) in [5, 5.41) is 0. The molecule has 68 valence electrons. The molecule has 0 fully saturated rings. The van der Waals surface area contributed by atoms with E-state index in [0.29, 0.717) is 6.61 Å². The molecule has 0 unspecified atom stereocenters. The molecule has 0 aliphatic heterocycles. The highest BCUT2D eigenvalue weighted by Gasteiger charge is 2.07. The van der Waals surface area contributed by atoms with Crippen LogP contribution in [0.15, 0.2) is 0 Å². The number of hydrogen-bond acceptors (Lipinski definition) is 4. The van der Waals surface area contributed by atoms with Crippen LogP contribution in [0.2, 0.25) is 0 Å². The molecule has 0 bridgehead atoms. The third kappa shape index (κ3) is 6.24. The fourth-order valence-corrected chi connectivity index (χ4v) is 1.15.